The number of para-hydroxylation sites is 1. The van der Waals surface area contributed by atoms with Crippen LogP contribution in [0.1, 0.15) is 44.7 Å². The molecule has 0 saturated carbocycles. The lowest BCUT2D eigenvalue weighted by atomic mass is 9.66. The monoisotopic (exact) mass is 460 g/mol. The third-order valence-corrected chi connectivity index (χ3v) is 9.46. The van der Waals surface area contributed by atoms with Crippen LogP contribution in [-0.2, 0) is 19.1 Å². The highest BCUT2D eigenvalue weighted by atomic mass is 32.2. The zero-order chi connectivity index (χ0) is 23.4. The standard InChI is InChI=1S/C24H32N2O5S/c1-6-31-22(30)17-16-21(29)26(15(4)12-27)19(24(16)11-10-23(17,5)32-24)20(28)25-18-13(2)8-7-9-14(18)3/h7-9,15-17,19,27H,6,10-12H2,1-5H3,(H,25,28)/t15-,16+,17-,19?,23+,24?/m1/s1. The van der Waals surface area contributed by atoms with Crippen LogP contribution in [0, 0.1) is 25.7 Å². The molecule has 0 aromatic heterocycles. The Kier molecular flexibility index (Phi) is 5.82. The molecule has 1 spiro atoms. The van der Waals surface area contributed by atoms with Crippen molar-refractivity contribution < 1.29 is 24.2 Å². The second-order valence-corrected chi connectivity index (χ2v) is 11.4. The molecule has 0 radical (unpaired) electrons. The van der Waals surface area contributed by atoms with Gasteiger partial charge in [-0.2, -0.15) is 0 Å². The fourth-order valence-electron chi connectivity index (χ4n) is 6.02. The third-order valence-electron chi connectivity index (χ3n) is 7.47. The first-order chi connectivity index (χ1) is 15.1. The first-order valence-corrected chi connectivity index (χ1v) is 12.1. The largest absolute Gasteiger partial charge is 0.466 e. The van der Waals surface area contributed by atoms with Crippen LogP contribution in [0.25, 0.3) is 0 Å². The number of aliphatic hydroxyl groups is 1. The number of hydrogen-bond donors (Lipinski definition) is 2. The Bertz CT molecular complexity index is 947. The normalized spacial score (nSPS) is 33.9. The first kappa shape index (κ1) is 23.1. The van der Waals surface area contributed by atoms with Crippen molar-refractivity contribution in [3.05, 3.63) is 29.3 Å². The smallest absolute Gasteiger partial charge is 0.311 e. The van der Waals surface area contributed by atoms with Gasteiger partial charge in [-0.1, -0.05) is 18.2 Å². The maximum atomic E-state index is 13.8. The number of thioether (sulfide) groups is 1. The number of fused-ring (bicyclic) bond motifs is 1. The summed E-state index contributed by atoms with van der Waals surface area (Å²) in [5.74, 6) is -2.09. The highest BCUT2D eigenvalue weighted by molar-refractivity contribution is 8.02. The Morgan fingerprint density at radius 1 is 1.31 bits per heavy atom. The van der Waals surface area contributed by atoms with Crippen LogP contribution in [-0.4, -0.2) is 62.6 Å². The zero-order valence-electron chi connectivity index (χ0n) is 19.3. The number of anilines is 1. The zero-order valence-corrected chi connectivity index (χ0v) is 20.1. The Morgan fingerprint density at radius 3 is 2.56 bits per heavy atom. The molecule has 1 aromatic rings. The summed E-state index contributed by atoms with van der Waals surface area (Å²) in [4.78, 5) is 42.1. The molecule has 4 rings (SSSR count). The maximum Gasteiger partial charge on any atom is 0.311 e. The van der Waals surface area contributed by atoms with Gasteiger partial charge in [0.05, 0.1) is 35.8 Å². The molecule has 3 aliphatic heterocycles. The van der Waals surface area contributed by atoms with Crippen molar-refractivity contribution >= 4 is 35.2 Å². The van der Waals surface area contributed by atoms with E-state index in [2.05, 4.69) is 5.32 Å². The quantitative estimate of drug-likeness (QED) is 0.634. The summed E-state index contributed by atoms with van der Waals surface area (Å²) >= 11 is 1.60. The molecule has 2 unspecified atom stereocenters. The Balaban J connectivity index is 1.78. The summed E-state index contributed by atoms with van der Waals surface area (Å²) < 4.78 is 4.21. The Labute approximate surface area is 193 Å². The van der Waals surface area contributed by atoms with Crippen LogP contribution in [0.2, 0.25) is 0 Å². The van der Waals surface area contributed by atoms with Gasteiger partial charge in [0, 0.05) is 10.4 Å². The van der Waals surface area contributed by atoms with E-state index in [0.29, 0.717) is 6.42 Å². The van der Waals surface area contributed by atoms with Crippen LogP contribution in [0.3, 0.4) is 0 Å². The lowest BCUT2D eigenvalue weighted by Crippen LogP contribution is -2.54. The van der Waals surface area contributed by atoms with Crippen molar-refractivity contribution in [3.8, 4) is 0 Å². The molecule has 3 heterocycles. The number of hydrogen-bond acceptors (Lipinski definition) is 6. The van der Waals surface area contributed by atoms with E-state index >= 15 is 0 Å². The minimum absolute atomic E-state index is 0.234. The van der Waals surface area contributed by atoms with Gasteiger partial charge in [0.15, 0.2) is 0 Å². The number of esters is 1. The van der Waals surface area contributed by atoms with Crippen molar-refractivity contribution in [2.75, 3.05) is 18.5 Å². The van der Waals surface area contributed by atoms with E-state index < -0.39 is 33.4 Å². The number of ether oxygens (including phenoxy) is 1. The Hall–Kier alpha value is -2.06. The second-order valence-electron chi connectivity index (χ2n) is 9.51. The molecule has 2 N–H and O–H groups in total. The van der Waals surface area contributed by atoms with Gasteiger partial charge < -0.3 is 20.1 Å². The Morgan fingerprint density at radius 2 is 1.97 bits per heavy atom. The number of amides is 2. The van der Waals surface area contributed by atoms with Gasteiger partial charge in [-0.25, -0.2) is 0 Å². The number of aliphatic hydroxyl groups excluding tert-OH is 1. The molecule has 3 saturated heterocycles. The predicted molar refractivity (Wildman–Crippen MR) is 123 cm³/mol. The highest BCUT2D eigenvalue weighted by Crippen LogP contribution is 2.71. The van der Waals surface area contributed by atoms with Gasteiger partial charge in [-0.05, 0) is 58.6 Å². The number of aryl methyl sites for hydroxylation is 2. The molecule has 3 aliphatic rings. The van der Waals surface area contributed by atoms with E-state index in [1.54, 1.807) is 25.6 Å². The van der Waals surface area contributed by atoms with Crippen molar-refractivity contribution in [1.82, 2.24) is 4.90 Å². The van der Waals surface area contributed by atoms with Gasteiger partial charge in [0.2, 0.25) is 11.8 Å². The summed E-state index contributed by atoms with van der Waals surface area (Å²) in [7, 11) is 0. The molecule has 2 amide bonds. The molecule has 2 bridgehead atoms. The van der Waals surface area contributed by atoms with Gasteiger partial charge in [-0.3, -0.25) is 14.4 Å². The van der Waals surface area contributed by atoms with Crippen molar-refractivity contribution in [2.24, 2.45) is 11.8 Å². The van der Waals surface area contributed by atoms with Crippen molar-refractivity contribution in [2.45, 2.75) is 69.0 Å². The summed E-state index contributed by atoms with van der Waals surface area (Å²) in [6, 6.07) is 4.50. The molecule has 3 fully saturated rings. The van der Waals surface area contributed by atoms with E-state index in [1.165, 1.54) is 4.90 Å². The molecule has 6 atom stereocenters. The van der Waals surface area contributed by atoms with Gasteiger partial charge in [0.25, 0.3) is 0 Å². The molecule has 7 nitrogen and oxygen atoms in total. The molecule has 174 valence electrons. The first-order valence-electron chi connectivity index (χ1n) is 11.3. The molecule has 1 aromatic carbocycles. The maximum absolute atomic E-state index is 13.8. The SMILES string of the molecule is CCOC(=O)[C@H]1[C@H]2C(=O)N([C@H](C)CO)C(C(=O)Nc3c(C)cccc3C)C23CC[C@]1(C)S3. The number of carbonyl (C=O) groups is 3. The number of rotatable bonds is 6. The van der Waals surface area contributed by atoms with Crippen molar-refractivity contribution in [1.29, 1.82) is 0 Å². The fraction of sp³-hybridized carbons (Fsp3) is 0.625. The lowest BCUT2D eigenvalue weighted by molar-refractivity contribution is -0.155. The van der Waals surface area contributed by atoms with E-state index in [4.69, 9.17) is 4.74 Å². The van der Waals surface area contributed by atoms with E-state index in [0.717, 1.165) is 23.2 Å². The fourth-order valence-corrected chi connectivity index (χ4v) is 8.35. The van der Waals surface area contributed by atoms with Crippen LogP contribution in [0.5, 0.6) is 0 Å². The summed E-state index contributed by atoms with van der Waals surface area (Å²) in [5.41, 5.74) is 2.63. The van der Waals surface area contributed by atoms with Crippen LogP contribution < -0.4 is 5.32 Å². The average Bonchev–Trinajstić information content (AvgIpc) is 3.31. The number of carbonyl (C=O) groups excluding carboxylic acids is 3. The van der Waals surface area contributed by atoms with Gasteiger partial charge in [0.1, 0.15) is 6.04 Å². The molecule has 0 aliphatic carbocycles. The predicted octanol–water partition coefficient (Wildman–Crippen LogP) is 2.67. The van der Waals surface area contributed by atoms with E-state index in [9.17, 15) is 19.5 Å². The third kappa shape index (κ3) is 3.17. The minimum Gasteiger partial charge on any atom is -0.466 e. The number of benzene rings is 1. The molecular weight excluding hydrogens is 428 g/mol. The summed E-state index contributed by atoms with van der Waals surface area (Å²) in [5, 5.41) is 13.0. The number of likely N-dealkylation sites (tertiary alicyclic amines) is 1. The average molecular weight is 461 g/mol. The second kappa shape index (κ2) is 8.06. The van der Waals surface area contributed by atoms with Gasteiger partial charge >= 0.3 is 5.97 Å². The van der Waals surface area contributed by atoms with E-state index in [1.807, 2.05) is 39.0 Å². The summed E-state index contributed by atoms with van der Waals surface area (Å²) in [6.07, 6.45) is 1.40. The van der Waals surface area contributed by atoms with Crippen LogP contribution in [0.4, 0.5) is 5.69 Å². The number of nitrogens with one attached hydrogen (secondary N) is 1. The molecule has 8 heteroatoms. The lowest BCUT2D eigenvalue weighted by Gasteiger charge is -2.36. The number of nitrogens with zero attached hydrogens (tertiary/aromatic N) is 1. The van der Waals surface area contributed by atoms with Crippen LogP contribution >= 0.6 is 11.8 Å². The highest BCUT2D eigenvalue weighted by Gasteiger charge is 2.77. The van der Waals surface area contributed by atoms with E-state index in [-0.39, 0.29) is 31.0 Å². The van der Waals surface area contributed by atoms with Gasteiger partial charge in [-0.15, -0.1) is 11.8 Å². The molecule has 32 heavy (non-hydrogen) atoms. The van der Waals surface area contributed by atoms with Crippen molar-refractivity contribution in [3.63, 3.8) is 0 Å². The topological polar surface area (TPSA) is 95.9 Å². The molecular formula is C24H32N2O5S. The summed E-state index contributed by atoms with van der Waals surface area (Å²) in [6.45, 7) is 9.38. The van der Waals surface area contributed by atoms with Crippen LogP contribution in [0.15, 0.2) is 18.2 Å². The minimum atomic E-state index is -0.771.